The molecule has 0 heterocycles. The Bertz CT molecular complexity index is 322. The lowest BCUT2D eigenvalue weighted by Gasteiger charge is -2.31. The van der Waals surface area contributed by atoms with Crippen molar-refractivity contribution in [3.63, 3.8) is 0 Å². The summed E-state index contributed by atoms with van der Waals surface area (Å²) in [6.45, 7) is 6.81. The van der Waals surface area contributed by atoms with Crippen molar-refractivity contribution < 1.29 is 9.53 Å². The van der Waals surface area contributed by atoms with Gasteiger partial charge in [0.1, 0.15) is 5.60 Å². The van der Waals surface area contributed by atoms with E-state index in [1.165, 1.54) is 32.1 Å². The van der Waals surface area contributed by atoms with Crippen molar-refractivity contribution >= 4 is 6.09 Å². The van der Waals surface area contributed by atoms with Crippen LogP contribution in [-0.2, 0) is 4.74 Å². The van der Waals surface area contributed by atoms with Gasteiger partial charge in [-0.2, -0.15) is 5.26 Å². The summed E-state index contributed by atoms with van der Waals surface area (Å²) in [6.07, 6.45) is 6.27. The molecule has 108 valence electrons. The highest BCUT2D eigenvalue weighted by Crippen LogP contribution is 2.25. The highest BCUT2D eigenvalue weighted by Gasteiger charge is 2.25. The van der Waals surface area contributed by atoms with E-state index < -0.39 is 5.60 Å². The molecule has 0 spiro atoms. The molecule has 1 aliphatic rings. The van der Waals surface area contributed by atoms with E-state index in [-0.39, 0.29) is 6.09 Å². The first-order chi connectivity index (χ1) is 8.92. The van der Waals surface area contributed by atoms with Gasteiger partial charge in [-0.05, 0) is 39.5 Å². The first-order valence-electron chi connectivity index (χ1n) is 7.27. The summed E-state index contributed by atoms with van der Waals surface area (Å²) in [4.78, 5) is 13.8. The van der Waals surface area contributed by atoms with Crippen LogP contribution in [0, 0.1) is 17.2 Å². The number of carbonyl (C=O) groups excluding carboxylic acids is 1. The van der Waals surface area contributed by atoms with Gasteiger partial charge in [0.15, 0.2) is 0 Å². The summed E-state index contributed by atoms with van der Waals surface area (Å²) in [5.74, 6) is 0.569. The van der Waals surface area contributed by atoms with Crippen LogP contribution in [-0.4, -0.2) is 29.7 Å². The quantitative estimate of drug-likeness (QED) is 0.779. The van der Waals surface area contributed by atoms with Crippen LogP contribution < -0.4 is 0 Å². The molecule has 4 heteroatoms. The third-order valence-electron chi connectivity index (χ3n) is 3.35. The van der Waals surface area contributed by atoms with Crippen molar-refractivity contribution in [3.8, 4) is 6.07 Å². The number of ether oxygens (including phenoxy) is 1. The van der Waals surface area contributed by atoms with Gasteiger partial charge in [0.25, 0.3) is 0 Å². The topological polar surface area (TPSA) is 53.3 Å². The fourth-order valence-corrected chi connectivity index (χ4v) is 2.45. The monoisotopic (exact) mass is 266 g/mol. The van der Waals surface area contributed by atoms with E-state index in [0.29, 0.717) is 18.9 Å². The molecule has 1 amide bonds. The molecule has 1 aliphatic carbocycles. The lowest BCUT2D eigenvalue weighted by atomic mass is 9.89. The minimum Gasteiger partial charge on any atom is -0.444 e. The Balaban J connectivity index is 2.54. The van der Waals surface area contributed by atoms with Crippen LogP contribution in [0.25, 0.3) is 0 Å². The molecular weight excluding hydrogens is 240 g/mol. The van der Waals surface area contributed by atoms with E-state index in [1.54, 1.807) is 4.90 Å². The van der Waals surface area contributed by atoms with E-state index in [4.69, 9.17) is 10.00 Å². The number of hydrogen-bond donors (Lipinski definition) is 0. The van der Waals surface area contributed by atoms with Gasteiger partial charge >= 0.3 is 6.09 Å². The Morgan fingerprint density at radius 3 is 2.47 bits per heavy atom. The van der Waals surface area contributed by atoms with E-state index in [2.05, 4.69) is 6.07 Å². The number of nitrogens with zero attached hydrogens (tertiary/aromatic N) is 2. The van der Waals surface area contributed by atoms with Crippen molar-refractivity contribution in [1.82, 2.24) is 4.90 Å². The largest absolute Gasteiger partial charge is 0.444 e. The van der Waals surface area contributed by atoms with Crippen LogP contribution >= 0.6 is 0 Å². The molecular formula is C15H26N2O2. The SMILES string of the molecule is CC(C)(C)OC(=O)N(CCC#N)CC1CCCCC1. The smallest absolute Gasteiger partial charge is 0.410 e. The van der Waals surface area contributed by atoms with E-state index in [0.717, 1.165) is 6.54 Å². The van der Waals surface area contributed by atoms with Crippen molar-refractivity contribution in [2.24, 2.45) is 5.92 Å². The molecule has 1 rings (SSSR count). The zero-order valence-electron chi connectivity index (χ0n) is 12.4. The predicted octanol–water partition coefficient (Wildman–Crippen LogP) is 3.72. The van der Waals surface area contributed by atoms with Gasteiger partial charge in [-0.15, -0.1) is 0 Å². The fourth-order valence-electron chi connectivity index (χ4n) is 2.45. The van der Waals surface area contributed by atoms with Gasteiger partial charge in [0.2, 0.25) is 0 Å². The number of amides is 1. The van der Waals surface area contributed by atoms with Crippen LogP contribution in [0.5, 0.6) is 0 Å². The summed E-state index contributed by atoms with van der Waals surface area (Å²) in [5, 5.41) is 8.71. The lowest BCUT2D eigenvalue weighted by molar-refractivity contribution is 0.0212. The summed E-state index contributed by atoms with van der Waals surface area (Å²) >= 11 is 0. The van der Waals surface area contributed by atoms with Crippen molar-refractivity contribution in [1.29, 1.82) is 5.26 Å². The molecule has 0 aromatic rings. The Morgan fingerprint density at radius 1 is 1.32 bits per heavy atom. The van der Waals surface area contributed by atoms with Crippen LogP contribution in [0.15, 0.2) is 0 Å². The zero-order valence-corrected chi connectivity index (χ0v) is 12.4. The third kappa shape index (κ3) is 6.47. The second kappa shape index (κ2) is 7.37. The number of hydrogen-bond acceptors (Lipinski definition) is 3. The molecule has 0 aliphatic heterocycles. The maximum absolute atomic E-state index is 12.1. The number of rotatable bonds is 4. The molecule has 0 bridgehead atoms. The average Bonchev–Trinajstić information content (AvgIpc) is 2.33. The van der Waals surface area contributed by atoms with Gasteiger partial charge in [0.05, 0.1) is 12.5 Å². The predicted molar refractivity (Wildman–Crippen MR) is 74.6 cm³/mol. The van der Waals surface area contributed by atoms with Gasteiger partial charge in [-0.1, -0.05) is 19.3 Å². The molecule has 0 N–H and O–H groups in total. The average molecular weight is 266 g/mol. The summed E-state index contributed by atoms with van der Waals surface area (Å²) in [7, 11) is 0. The highest BCUT2D eigenvalue weighted by molar-refractivity contribution is 5.68. The molecule has 1 fully saturated rings. The van der Waals surface area contributed by atoms with Crippen LogP contribution in [0.3, 0.4) is 0 Å². The normalized spacial score (nSPS) is 16.7. The maximum atomic E-state index is 12.1. The van der Waals surface area contributed by atoms with Gasteiger partial charge < -0.3 is 9.64 Å². The summed E-state index contributed by atoms with van der Waals surface area (Å²) in [5.41, 5.74) is -0.478. The standard InChI is InChI=1S/C15H26N2O2/c1-15(2,3)19-14(18)17(11-7-10-16)12-13-8-5-4-6-9-13/h13H,4-9,11-12H2,1-3H3. The molecule has 0 saturated heterocycles. The van der Waals surface area contributed by atoms with E-state index in [1.807, 2.05) is 20.8 Å². The minimum atomic E-state index is -0.478. The third-order valence-corrected chi connectivity index (χ3v) is 3.35. The number of nitriles is 1. The van der Waals surface area contributed by atoms with Crippen molar-refractivity contribution in [2.45, 2.75) is 64.9 Å². The Hall–Kier alpha value is -1.24. The summed E-state index contributed by atoms with van der Waals surface area (Å²) in [6, 6.07) is 2.10. The molecule has 19 heavy (non-hydrogen) atoms. The molecule has 0 aromatic carbocycles. The molecule has 0 atom stereocenters. The Labute approximate surface area is 116 Å². The second-order valence-electron chi connectivity index (χ2n) is 6.34. The molecule has 0 radical (unpaired) electrons. The second-order valence-corrected chi connectivity index (χ2v) is 6.34. The Kier molecular flexibility index (Phi) is 6.14. The molecule has 1 saturated carbocycles. The van der Waals surface area contributed by atoms with Crippen LogP contribution in [0.2, 0.25) is 0 Å². The van der Waals surface area contributed by atoms with Gasteiger partial charge in [-0.3, -0.25) is 0 Å². The molecule has 0 unspecified atom stereocenters. The first kappa shape index (κ1) is 15.8. The van der Waals surface area contributed by atoms with Crippen LogP contribution in [0.1, 0.15) is 59.3 Å². The van der Waals surface area contributed by atoms with E-state index in [9.17, 15) is 4.79 Å². The fraction of sp³-hybridized carbons (Fsp3) is 0.867. The lowest BCUT2D eigenvalue weighted by Crippen LogP contribution is -2.40. The van der Waals surface area contributed by atoms with Gasteiger partial charge in [-0.25, -0.2) is 4.79 Å². The first-order valence-corrected chi connectivity index (χ1v) is 7.27. The molecule has 0 aromatic heterocycles. The van der Waals surface area contributed by atoms with Crippen LogP contribution in [0.4, 0.5) is 4.79 Å². The Morgan fingerprint density at radius 2 is 1.95 bits per heavy atom. The van der Waals surface area contributed by atoms with E-state index >= 15 is 0 Å². The van der Waals surface area contributed by atoms with Crippen molar-refractivity contribution in [3.05, 3.63) is 0 Å². The van der Waals surface area contributed by atoms with Gasteiger partial charge in [0, 0.05) is 13.1 Å². The van der Waals surface area contributed by atoms with Crippen molar-refractivity contribution in [2.75, 3.05) is 13.1 Å². The number of carbonyl (C=O) groups is 1. The summed E-state index contributed by atoms with van der Waals surface area (Å²) < 4.78 is 5.42. The maximum Gasteiger partial charge on any atom is 0.410 e. The highest BCUT2D eigenvalue weighted by atomic mass is 16.6. The minimum absolute atomic E-state index is 0.284. The zero-order chi connectivity index (χ0) is 14.3. The molecule has 4 nitrogen and oxygen atoms in total.